The Labute approximate surface area is 217 Å². The lowest BCUT2D eigenvalue weighted by molar-refractivity contribution is -0.135. The van der Waals surface area contributed by atoms with Gasteiger partial charge in [0.2, 0.25) is 6.79 Å². The van der Waals surface area contributed by atoms with Gasteiger partial charge < -0.3 is 20.1 Å². The van der Waals surface area contributed by atoms with Crippen molar-refractivity contribution in [2.24, 2.45) is 10.8 Å². The summed E-state index contributed by atoms with van der Waals surface area (Å²) in [5.74, 6) is -0.258. The Morgan fingerprint density at radius 3 is 2.47 bits per heavy atom. The maximum atomic E-state index is 14.4. The minimum atomic E-state index is -0.733. The van der Waals surface area contributed by atoms with Crippen LogP contribution in [0.2, 0.25) is 0 Å². The van der Waals surface area contributed by atoms with E-state index in [-0.39, 0.29) is 47.0 Å². The van der Waals surface area contributed by atoms with Crippen LogP contribution in [0.5, 0.6) is 11.5 Å². The Kier molecular flexibility index (Phi) is 5.81. The SMILES string of the molecule is CC(=O)C12CCC(CNC(=O)c3cc(C(=O)NCc4ccc5c(c4)OCO5)nc4c(F)cnn34)(CC1)CC2. The standard InChI is InChI=1S/C27H28FN5O5/c1-16(34)27-7-4-26(5-8-27,6-9-27)14-30-25(36)20-11-19(32-23-18(28)13-31-33(20)23)24(35)29-12-17-2-3-21-22(10-17)38-15-37-21/h2-3,10-11,13H,4-9,12,14-15H2,1H3,(H,29,35)(H,30,36). The molecule has 4 aliphatic rings. The van der Waals surface area contributed by atoms with Gasteiger partial charge in [0.15, 0.2) is 23.0 Å². The normalized spacial score (nSPS) is 23.4. The summed E-state index contributed by atoms with van der Waals surface area (Å²) in [6, 6.07) is 6.65. The fourth-order valence-electron chi connectivity index (χ4n) is 5.95. The van der Waals surface area contributed by atoms with E-state index in [1.807, 2.05) is 0 Å². The van der Waals surface area contributed by atoms with Crippen LogP contribution in [-0.4, -0.2) is 45.5 Å². The van der Waals surface area contributed by atoms with Gasteiger partial charge in [-0.15, -0.1) is 0 Å². The molecular formula is C27H28FN5O5. The summed E-state index contributed by atoms with van der Waals surface area (Å²) in [5.41, 5.74) is 0.254. The van der Waals surface area contributed by atoms with E-state index in [9.17, 15) is 18.8 Å². The quantitative estimate of drug-likeness (QED) is 0.489. The van der Waals surface area contributed by atoms with Crippen LogP contribution in [0.1, 0.15) is 72.0 Å². The van der Waals surface area contributed by atoms with Crippen molar-refractivity contribution in [2.45, 2.75) is 52.0 Å². The van der Waals surface area contributed by atoms with Gasteiger partial charge in [0.25, 0.3) is 11.8 Å². The number of carbonyl (C=O) groups excluding carboxylic acids is 3. The second-order valence-corrected chi connectivity index (χ2v) is 10.6. The van der Waals surface area contributed by atoms with Gasteiger partial charge in [0.05, 0.1) is 6.20 Å². The van der Waals surface area contributed by atoms with Crippen LogP contribution in [0.25, 0.3) is 5.65 Å². The van der Waals surface area contributed by atoms with Crippen LogP contribution < -0.4 is 20.1 Å². The van der Waals surface area contributed by atoms with E-state index >= 15 is 0 Å². The third-order valence-electron chi connectivity index (χ3n) is 8.56. The van der Waals surface area contributed by atoms with Gasteiger partial charge in [-0.1, -0.05) is 6.07 Å². The number of nitrogens with zero attached hydrogens (tertiary/aromatic N) is 3. The summed E-state index contributed by atoms with van der Waals surface area (Å²) in [4.78, 5) is 42.5. The lowest BCUT2D eigenvalue weighted by Gasteiger charge is -2.52. The molecular weight excluding hydrogens is 493 g/mol. The molecule has 3 aliphatic carbocycles. The number of rotatable bonds is 7. The highest BCUT2D eigenvalue weighted by atomic mass is 19.1. The Morgan fingerprint density at radius 2 is 1.74 bits per heavy atom. The summed E-state index contributed by atoms with van der Waals surface area (Å²) in [5, 5.41) is 9.70. The van der Waals surface area contributed by atoms with E-state index in [1.54, 1.807) is 25.1 Å². The molecule has 0 atom stereocenters. The number of carbonyl (C=O) groups is 3. The summed E-state index contributed by atoms with van der Waals surface area (Å²) in [6.45, 7) is 2.45. The monoisotopic (exact) mass is 521 g/mol. The number of hydrogen-bond acceptors (Lipinski definition) is 7. The second kappa shape index (κ2) is 9.07. The number of ketones is 1. The van der Waals surface area contributed by atoms with Gasteiger partial charge >= 0.3 is 0 Å². The molecule has 0 unspecified atom stereocenters. The molecule has 7 rings (SSSR count). The number of fused-ring (bicyclic) bond motifs is 5. The number of hydrogen-bond donors (Lipinski definition) is 2. The molecule has 3 fully saturated rings. The predicted molar refractivity (Wildman–Crippen MR) is 132 cm³/mol. The van der Waals surface area contributed by atoms with Gasteiger partial charge in [-0.25, -0.2) is 13.9 Å². The van der Waals surface area contributed by atoms with Crippen LogP contribution in [-0.2, 0) is 11.3 Å². The Balaban J connectivity index is 1.17. The molecule has 2 amide bonds. The molecule has 11 heteroatoms. The fraction of sp³-hybridized carbons (Fsp3) is 0.444. The lowest BCUT2D eigenvalue weighted by Crippen LogP contribution is -2.49. The summed E-state index contributed by atoms with van der Waals surface area (Å²) < 4.78 is 26.2. The number of benzene rings is 1. The molecule has 38 heavy (non-hydrogen) atoms. The van der Waals surface area contributed by atoms with E-state index in [2.05, 4.69) is 20.7 Å². The van der Waals surface area contributed by atoms with Crippen molar-refractivity contribution in [3.8, 4) is 11.5 Å². The minimum Gasteiger partial charge on any atom is -0.454 e. The van der Waals surface area contributed by atoms with Gasteiger partial charge in [0, 0.05) is 24.6 Å². The number of aromatic nitrogens is 3. The molecule has 3 saturated carbocycles. The Hall–Kier alpha value is -4.02. The molecule has 1 aromatic carbocycles. The number of nitrogens with one attached hydrogen (secondary N) is 2. The zero-order valence-electron chi connectivity index (χ0n) is 21.0. The van der Waals surface area contributed by atoms with E-state index in [1.165, 1.54) is 6.07 Å². The maximum absolute atomic E-state index is 14.4. The zero-order valence-corrected chi connectivity index (χ0v) is 21.0. The predicted octanol–water partition coefficient (Wildman–Crippen LogP) is 3.19. The second-order valence-electron chi connectivity index (χ2n) is 10.6. The summed E-state index contributed by atoms with van der Waals surface area (Å²) in [7, 11) is 0. The molecule has 2 N–H and O–H groups in total. The molecule has 2 bridgehead atoms. The summed E-state index contributed by atoms with van der Waals surface area (Å²) >= 11 is 0. The maximum Gasteiger partial charge on any atom is 0.270 e. The first-order chi connectivity index (χ1) is 18.3. The molecule has 198 valence electrons. The van der Waals surface area contributed by atoms with Gasteiger partial charge in [-0.3, -0.25) is 14.4 Å². The van der Waals surface area contributed by atoms with Gasteiger partial charge in [-0.05, 0) is 68.6 Å². The van der Waals surface area contributed by atoms with Crippen molar-refractivity contribution < 1.29 is 28.2 Å². The largest absolute Gasteiger partial charge is 0.454 e. The number of Topliss-reactive ketones (excluding diaryl/α,β-unsaturated/α-hetero) is 1. The van der Waals surface area contributed by atoms with Crippen molar-refractivity contribution >= 4 is 23.2 Å². The zero-order chi connectivity index (χ0) is 26.5. The molecule has 3 heterocycles. The Bertz CT molecular complexity index is 1440. The van der Waals surface area contributed by atoms with Crippen molar-refractivity contribution in [3.05, 3.63) is 53.2 Å². The number of amides is 2. The molecule has 0 spiro atoms. The van der Waals surface area contributed by atoms with Crippen molar-refractivity contribution in [1.82, 2.24) is 25.2 Å². The topological polar surface area (TPSA) is 124 Å². The minimum absolute atomic E-state index is 0.0215. The average Bonchev–Trinajstić information content (AvgIpc) is 3.57. The van der Waals surface area contributed by atoms with Crippen LogP contribution in [0, 0.1) is 16.6 Å². The summed E-state index contributed by atoms with van der Waals surface area (Å²) in [6.07, 6.45) is 6.13. The van der Waals surface area contributed by atoms with Gasteiger partial charge in [0.1, 0.15) is 17.2 Å². The average molecular weight is 522 g/mol. The first-order valence-electron chi connectivity index (χ1n) is 12.8. The highest BCUT2D eigenvalue weighted by molar-refractivity contribution is 5.98. The van der Waals surface area contributed by atoms with Crippen LogP contribution in [0.3, 0.4) is 0 Å². The molecule has 3 aromatic rings. The van der Waals surface area contributed by atoms with Crippen molar-refractivity contribution in [3.63, 3.8) is 0 Å². The van der Waals surface area contributed by atoms with Crippen LogP contribution >= 0.6 is 0 Å². The number of ether oxygens (including phenoxy) is 2. The molecule has 2 aromatic heterocycles. The molecule has 0 saturated heterocycles. The lowest BCUT2D eigenvalue weighted by atomic mass is 9.52. The van der Waals surface area contributed by atoms with E-state index < -0.39 is 17.6 Å². The Morgan fingerprint density at radius 1 is 1.00 bits per heavy atom. The first-order valence-corrected chi connectivity index (χ1v) is 12.8. The van der Waals surface area contributed by atoms with Crippen molar-refractivity contribution in [2.75, 3.05) is 13.3 Å². The molecule has 1 aliphatic heterocycles. The van der Waals surface area contributed by atoms with E-state index in [0.717, 1.165) is 54.8 Å². The third kappa shape index (κ3) is 4.15. The smallest absolute Gasteiger partial charge is 0.270 e. The van der Waals surface area contributed by atoms with E-state index in [4.69, 9.17) is 9.47 Å². The van der Waals surface area contributed by atoms with Crippen LogP contribution in [0.15, 0.2) is 30.5 Å². The molecule has 10 nitrogen and oxygen atoms in total. The molecule has 0 radical (unpaired) electrons. The van der Waals surface area contributed by atoms with Crippen LogP contribution in [0.4, 0.5) is 4.39 Å². The number of halogens is 1. The first kappa shape index (κ1) is 24.3. The van der Waals surface area contributed by atoms with Crippen molar-refractivity contribution in [1.29, 1.82) is 0 Å². The van der Waals surface area contributed by atoms with Gasteiger partial charge in [-0.2, -0.15) is 5.10 Å². The van der Waals surface area contributed by atoms with E-state index in [0.29, 0.717) is 18.0 Å². The highest BCUT2D eigenvalue weighted by Crippen LogP contribution is 2.56. The fourth-order valence-corrected chi connectivity index (χ4v) is 5.95. The third-order valence-corrected chi connectivity index (χ3v) is 8.56. The highest BCUT2D eigenvalue weighted by Gasteiger charge is 2.50.